The molecule has 2 unspecified atom stereocenters. The quantitative estimate of drug-likeness (QED) is 0.328. The van der Waals surface area contributed by atoms with Crippen LogP contribution in [0.4, 0.5) is 0 Å². The fourth-order valence-electron chi connectivity index (χ4n) is 6.16. The lowest BCUT2D eigenvalue weighted by Gasteiger charge is -2.29. The fraction of sp³-hybridized carbons (Fsp3) is 0.700. The fourth-order valence-corrected chi connectivity index (χ4v) is 6.16. The summed E-state index contributed by atoms with van der Waals surface area (Å²) in [6.45, 7) is 9.40. The molecule has 0 aromatic heterocycles. The van der Waals surface area contributed by atoms with E-state index in [1.807, 2.05) is 6.20 Å². The van der Waals surface area contributed by atoms with Crippen molar-refractivity contribution in [3.63, 3.8) is 0 Å². The summed E-state index contributed by atoms with van der Waals surface area (Å²) in [5, 5.41) is 0. The molecule has 1 aliphatic carbocycles. The van der Waals surface area contributed by atoms with Crippen LogP contribution in [0.25, 0.3) is 0 Å². The van der Waals surface area contributed by atoms with Gasteiger partial charge in [0.05, 0.1) is 6.61 Å². The number of nitrogens with zero attached hydrogens (tertiary/aromatic N) is 3. The molecule has 1 aromatic rings. The van der Waals surface area contributed by atoms with Gasteiger partial charge in [-0.05, 0) is 80.6 Å². The standard InChI is InChI=1S/C30H45N3O/c1-2-3-16-32(17-5-6-24-8-9-24)18-19-33-23-27(22-29(33)12-11-28-7-4-15-31-28)25-10-13-30-26(21-25)14-20-34-30/h4,10,13,15,21,24,27,29H,2-3,5-9,11-12,14,16-20,22-23H2,1H3. The molecule has 1 saturated carbocycles. The highest BCUT2D eigenvalue weighted by atomic mass is 16.5. The average molecular weight is 464 g/mol. The van der Waals surface area contributed by atoms with Crippen LogP contribution in [0.3, 0.4) is 0 Å². The summed E-state index contributed by atoms with van der Waals surface area (Å²) >= 11 is 0. The average Bonchev–Trinajstić information content (AvgIpc) is 3.22. The number of allylic oxidation sites excluding steroid dienone is 1. The topological polar surface area (TPSA) is 28.1 Å². The largest absolute Gasteiger partial charge is 0.493 e. The van der Waals surface area contributed by atoms with Gasteiger partial charge in [-0.3, -0.25) is 9.89 Å². The Hall–Kier alpha value is -1.65. The van der Waals surface area contributed by atoms with Crippen LogP contribution in [0, 0.1) is 5.92 Å². The Balaban J connectivity index is 1.20. The highest BCUT2D eigenvalue weighted by Gasteiger charge is 2.33. The number of rotatable bonds is 14. The lowest BCUT2D eigenvalue weighted by molar-refractivity contribution is 0.184. The molecule has 0 spiro atoms. The Bertz CT molecular complexity index is 859. The zero-order chi connectivity index (χ0) is 23.2. The van der Waals surface area contributed by atoms with Gasteiger partial charge in [0.1, 0.15) is 5.75 Å². The Labute approximate surface area is 207 Å². The Morgan fingerprint density at radius 3 is 2.85 bits per heavy atom. The van der Waals surface area contributed by atoms with Crippen molar-refractivity contribution in [3.8, 4) is 5.75 Å². The SMILES string of the molecule is CCCCN(CCCC1CC1)CCN1CC(c2ccc3c(c2)CCO3)CC1CCC1=NC=CC1. The summed E-state index contributed by atoms with van der Waals surface area (Å²) in [6, 6.07) is 7.69. The molecule has 4 nitrogen and oxygen atoms in total. The molecule has 4 heteroatoms. The summed E-state index contributed by atoms with van der Waals surface area (Å²) in [5.74, 6) is 2.82. The van der Waals surface area contributed by atoms with Crippen LogP contribution in [-0.2, 0) is 6.42 Å². The number of benzene rings is 1. The third kappa shape index (κ3) is 6.51. The van der Waals surface area contributed by atoms with E-state index in [9.17, 15) is 0 Å². The number of aliphatic imine (C=N–C) groups is 1. The molecule has 3 aliphatic heterocycles. The van der Waals surface area contributed by atoms with Gasteiger partial charge in [-0.1, -0.05) is 44.4 Å². The predicted octanol–water partition coefficient (Wildman–Crippen LogP) is 6.21. The summed E-state index contributed by atoms with van der Waals surface area (Å²) < 4.78 is 5.77. The number of ether oxygens (including phenoxy) is 1. The van der Waals surface area contributed by atoms with Crippen LogP contribution in [0.15, 0.2) is 35.5 Å². The van der Waals surface area contributed by atoms with Gasteiger partial charge in [0.15, 0.2) is 0 Å². The van der Waals surface area contributed by atoms with E-state index >= 15 is 0 Å². The van der Waals surface area contributed by atoms with E-state index in [2.05, 4.69) is 46.0 Å². The maximum atomic E-state index is 5.77. The first kappa shape index (κ1) is 24.1. The molecule has 2 fully saturated rings. The molecule has 1 saturated heterocycles. The van der Waals surface area contributed by atoms with Crippen molar-refractivity contribution < 1.29 is 4.74 Å². The number of unbranched alkanes of at least 4 members (excludes halogenated alkanes) is 1. The van der Waals surface area contributed by atoms with E-state index in [0.29, 0.717) is 12.0 Å². The second kappa shape index (κ2) is 11.9. The third-order valence-corrected chi connectivity index (χ3v) is 8.51. The normalized spacial score (nSPS) is 24.1. The Morgan fingerprint density at radius 1 is 1.12 bits per heavy atom. The molecule has 3 heterocycles. The van der Waals surface area contributed by atoms with Crippen molar-refractivity contribution in [1.82, 2.24) is 9.80 Å². The zero-order valence-corrected chi connectivity index (χ0v) is 21.4. The molecule has 0 amide bonds. The monoisotopic (exact) mass is 463 g/mol. The molecule has 2 atom stereocenters. The van der Waals surface area contributed by atoms with Crippen LogP contribution in [0.2, 0.25) is 0 Å². The zero-order valence-electron chi connectivity index (χ0n) is 21.4. The maximum Gasteiger partial charge on any atom is 0.122 e. The van der Waals surface area contributed by atoms with Crippen molar-refractivity contribution in [2.45, 2.75) is 89.5 Å². The van der Waals surface area contributed by atoms with E-state index in [-0.39, 0.29) is 0 Å². The van der Waals surface area contributed by atoms with Gasteiger partial charge in [0, 0.05) is 50.4 Å². The van der Waals surface area contributed by atoms with Crippen LogP contribution in [0.5, 0.6) is 5.75 Å². The summed E-state index contributed by atoms with van der Waals surface area (Å²) in [4.78, 5) is 10.2. The van der Waals surface area contributed by atoms with Crippen molar-refractivity contribution >= 4 is 5.71 Å². The molecular formula is C30H45N3O. The molecule has 1 aromatic carbocycles. The first-order valence-electron chi connectivity index (χ1n) is 14.2. The maximum absolute atomic E-state index is 5.77. The molecule has 0 N–H and O–H groups in total. The van der Waals surface area contributed by atoms with E-state index in [4.69, 9.17) is 4.74 Å². The lowest BCUT2D eigenvalue weighted by atomic mass is 9.93. The minimum Gasteiger partial charge on any atom is -0.493 e. The van der Waals surface area contributed by atoms with Gasteiger partial charge in [0.25, 0.3) is 0 Å². The van der Waals surface area contributed by atoms with Gasteiger partial charge in [-0.25, -0.2) is 0 Å². The molecule has 0 radical (unpaired) electrons. The second-order valence-electron chi connectivity index (χ2n) is 11.2. The predicted molar refractivity (Wildman–Crippen MR) is 142 cm³/mol. The number of likely N-dealkylation sites (tertiary alicyclic amines) is 1. The number of hydrogen-bond acceptors (Lipinski definition) is 4. The van der Waals surface area contributed by atoms with E-state index in [0.717, 1.165) is 37.5 Å². The van der Waals surface area contributed by atoms with E-state index < -0.39 is 0 Å². The van der Waals surface area contributed by atoms with E-state index in [1.165, 1.54) is 101 Å². The summed E-state index contributed by atoms with van der Waals surface area (Å²) in [6.07, 6.45) is 18.5. The van der Waals surface area contributed by atoms with Crippen molar-refractivity contribution in [3.05, 3.63) is 41.6 Å². The van der Waals surface area contributed by atoms with Crippen molar-refractivity contribution in [2.75, 3.05) is 39.3 Å². The van der Waals surface area contributed by atoms with Gasteiger partial charge in [-0.15, -0.1) is 0 Å². The molecule has 0 bridgehead atoms. The van der Waals surface area contributed by atoms with Gasteiger partial charge in [0.2, 0.25) is 0 Å². The van der Waals surface area contributed by atoms with Crippen molar-refractivity contribution in [2.24, 2.45) is 10.9 Å². The minimum atomic E-state index is 0.651. The summed E-state index contributed by atoms with van der Waals surface area (Å²) in [7, 11) is 0. The highest BCUT2D eigenvalue weighted by Crippen LogP contribution is 2.37. The van der Waals surface area contributed by atoms with Crippen LogP contribution in [0.1, 0.15) is 88.2 Å². The second-order valence-corrected chi connectivity index (χ2v) is 11.2. The molecular weight excluding hydrogens is 418 g/mol. The molecule has 5 rings (SSSR count). The van der Waals surface area contributed by atoms with Gasteiger partial charge >= 0.3 is 0 Å². The van der Waals surface area contributed by atoms with Gasteiger partial charge < -0.3 is 9.64 Å². The van der Waals surface area contributed by atoms with Gasteiger partial charge in [-0.2, -0.15) is 0 Å². The Kier molecular flexibility index (Phi) is 8.39. The van der Waals surface area contributed by atoms with Crippen LogP contribution in [-0.4, -0.2) is 60.9 Å². The number of hydrogen-bond donors (Lipinski definition) is 0. The minimum absolute atomic E-state index is 0.651. The first-order valence-corrected chi connectivity index (χ1v) is 14.2. The Morgan fingerprint density at radius 2 is 2.03 bits per heavy atom. The van der Waals surface area contributed by atoms with Crippen LogP contribution < -0.4 is 4.74 Å². The molecule has 4 aliphatic rings. The van der Waals surface area contributed by atoms with Crippen molar-refractivity contribution in [1.29, 1.82) is 0 Å². The smallest absolute Gasteiger partial charge is 0.122 e. The lowest BCUT2D eigenvalue weighted by Crippen LogP contribution is -2.39. The third-order valence-electron chi connectivity index (χ3n) is 8.51. The first-order chi connectivity index (χ1) is 16.8. The van der Waals surface area contributed by atoms with Crippen LogP contribution >= 0.6 is 0 Å². The summed E-state index contributed by atoms with van der Waals surface area (Å²) in [5.41, 5.74) is 4.33. The highest BCUT2D eigenvalue weighted by molar-refractivity contribution is 5.88. The van der Waals surface area contributed by atoms with E-state index in [1.54, 1.807) is 0 Å². The number of fused-ring (bicyclic) bond motifs is 1. The molecule has 186 valence electrons. The molecule has 34 heavy (non-hydrogen) atoms.